The number of carbonyl (C=O) groups is 1. The molecule has 0 heterocycles. The summed E-state index contributed by atoms with van der Waals surface area (Å²) in [5.74, 6) is -0.250. The van der Waals surface area contributed by atoms with Gasteiger partial charge in [0.05, 0.1) is 32.5 Å². The summed E-state index contributed by atoms with van der Waals surface area (Å²) < 4.78 is 16.0. The summed E-state index contributed by atoms with van der Waals surface area (Å²) in [6.45, 7) is 11.7. The molecule has 1 N–H and O–H groups in total. The van der Waals surface area contributed by atoms with Crippen LogP contribution in [0.25, 0.3) is 0 Å². The fourth-order valence-corrected chi connectivity index (χ4v) is 2.02. The van der Waals surface area contributed by atoms with E-state index in [1.165, 1.54) is 7.11 Å². The lowest BCUT2D eigenvalue weighted by Crippen LogP contribution is -2.52. The zero-order valence-corrected chi connectivity index (χ0v) is 13.8. The Labute approximate surface area is 123 Å². The number of nitrogens with one attached hydrogen (secondary N) is 1. The Balaban J connectivity index is 4.24. The van der Waals surface area contributed by atoms with E-state index in [1.807, 2.05) is 27.7 Å². The van der Waals surface area contributed by atoms with Crippen molar-refractivity contribution in [2.24, 2.45) is 0 Å². The second kappa shape index (κ2) is 10.1. The van der Waals surface area contributed by atoms with Crippen LogP contribution in [0.1, 0.15) is 47.5 Å². The van der Waals surface area contributed by atoms with Gasteiger partial charge in [-0.05, 0) is 40.7 Å². The van der Waals surface area contributed by atoms with Crippen LogP contribution in [0.3, 0.4) is 0 Å². The number of carbonyl (C=O) groups excluding carboxylic acids is 1. The molecular formula is C15H31NO4. The van der Waals surface area contributed by atoms with Gasteiger partial charge in [0.1, 0.15) is 5.54 Å². The van der Waals surface area contributed by atoms with Gasteiger partial charge in [0.25, 0.3) is 0 Å². The maximum absolute atomic E-state index is 11.9. The Kier molecular flexibility index (Phi) is 9.80. The Morgan fingerprint density at radius 1 is 1.20 bits per heavy atom. The molecule has 0 aliphatic rings. The molecule has 0 spiro atoms. The van der Waals surface area contributed by atoms with Crippen LogP contribution in [0.4, 0.5) is 0 Å². The van der Waals surface area contributed by atoms with E-state index in [2.05, 4.69) is 12.2 Å². The zero-order valence-electron chi connectivity index (χ0n) is 13.8. The first-order valence-electron chi connectivity index (χ1n) is 7.42. The lowest BCUT2D eigenvalue weighted by molar-refractivity contribution is -0.149. The largest absolute Gasteiger partial charge is 0.468 e. The van der Waals surface area contributed by atoms with Crippen LogP contribution in [0.5, 0.6) is 0 Å². The average molecular weight is 289 g/mol. The van der Waals surface area contributed by atoms with E-state index in [4.69, 9.17) is 14.2 Å². The summed E-state index contributed by atoms with van der Waals surface area (Å²) in [6, 6.07) is 0. The van der Waals surface area contributed by atoms with Gasteiger partial charge in [-0.15, -0.1) is 0 Å². The van der Waals surface area contributed by atoms with Gasteiger partial charge in [-0.25, -0.2) is 0 Å². The summed E-state index contributed by atoms with van der Waals surface area (Å²) in [6.07, 6.45) is 1.70. The summed E-state index contributed by atoms with van der Waals surface area (Å²) in [4.78, 5) is 11.9. The first-order chi connectivity index (χ1) is 9.35. The topological polar surface area (TPSA) is 56.8 Å². The van der Waals surface area contributed by atoms with Crippen molar-refractivity contribution < 1.29 is 19.0 Å². The van der Waals surface area contributed by atoms with Crippen LogP contribution in [0.15, 0.2) is 0 Å². The average Bonchev–Trinajstić information content (AvgIpc) is 2.40. The number of methoxy groups -OCH3 is 1. The Hall–Kier alpha value is -0.650. The number of rotatable bonds is 11. The van der Waals surface area contributed by atoms with Gasteiger partial charge >= 0.3 is 5.97 Å². The van der Waals surface area contributed by atoms with E-state index in [9.17, 15) is 4.79 Å². The summed E-state index contributed by atoms with van der Waals surface area (Å²) >= 11 is 0. The summed E-state index contributed by atoms with van der Waals surface area (Å²) in [7, 11) is 1.41. The van der Waals surface area contributed by atoms with Crippen molar-refractivity contribution in [3.05, 3.63) is 0 Å². The fraction of sp³-hybridized carbons (Fsp3) is 0.933. The molecule has 2 unspecified atom stereocenters. The van der Waals surface area contributed by atoms with Crippen molar-refractivity contribution in [2.45, 2.75) is 65.2 Å². The van der Waals surface area contributed by atoms with E-state index >= 15 is 0 Å². The molecule has 0 amide bonds. The smallest absolute Gasteiger partial charge is 0.325 e. The van der Waals surface area contributed by atoms with Gasteiger partial charge in [0.15, 0.2) is 0 Å². The maximum Gasteiger partial charge on any atom is 0.325 e. The molecule has 0 aromatic heterocycles. The first kappa shape index (κ1) is 19.4. The molecule has 0 bridgehead atoms. The summed E-state index contributed by atoms with van der Waals surface area (Å²) in [5, 5.41) is 3.25. The molecule has 0 radical (unpaired) electrons. The predicted molar refractivity (Wildman–Crippen MR) is 79.8 cm³/mol. The predicted octanol–water partition coefficient (Wildman–Crippen LogP) is 2.14. The van der Waals surface area contributed by atoms with Crippen LogP contribution in [-0.4, -0.2) is 50.6 Å². The fourth-order valence-electron chi connectivity index (χ4n) is 2.02. The van der Waals surface area contributed by atoms with Crippen LogP contribution in [-0.2, 0) is 19.0 Å². The van der Waals surface area contributed by atoms with Gasteiger partial charge in [-0.3, -0.25) is 4.79 Å². The molecular weight excluding hydrogens is 258 g/mol. The van der Waals surface area contributed by atoms with E-state index in [0.29, 0.717) is 19.6 Å². The highest BCUT2D eigenvalue weighted by Crippen LogP contribution is 2.16. The van der Waals surface area contributed by atoms with Gasteiger partial charge in [0, 0.05) is 6.42 Å². The molecule has 0 saturated heterocycles. The molecule has 0 aliphatic heterocycles. The maximum atomic E-state index is 11.9. The minimum absolute atomic E-state index is 0.0424. The third-order valence-corrected chi connectivity index (χ3v) is 3.03. The molecule has 0 rings (SSSR count). The molecule has 20 heavy (non-hydrogen) atoms. The number of ether oxygens (including phenoxy) is 3. The Morgan fingerprint density at radius 2 is 1.80 bits per heavy atom. The number of hydrogen-bond donors (Lipinski definition) is 1. The first-order valence-corrected chi connectivity index (χ1v) is 7.42. The molecule has 5 heteroatoms. The van der Waals surface area contributed by atoms with Gasteiger partial charge < -0.3 is 19.5 Å². The minimum Gasteiger partial charge on any atom is -0.468 e. The van der Waals surface area contributed by atoms with Crippen LogP contribution in [0.2, 0.25) is 0 Å². The Morgan fingerprint density at radius 3 is 2.30 bits per heavy atom. The molecule has 0 fully saturated rings. The normalized spacial score (nSPS) is 15.9. The third-order valence-electron chi connectivity index (χ3n) is 3.03. The quantitative estimate of drug-likeness (QED) is 0.466. The highest BCUT2D eigenvalue weighted by atomic mass is 16.5. The highest BCUT2D eigenvalue weighted by Gasteiger charge is 2.35. The lowest BCUT2D eigenvalue weighted by Gasteiger charge is -2.30. The van der Waals surface area contributed by atoms with Crippen molar-refractivity contribution in [1.29, 1.82) is 0 Å². The molecule has 5 nitrogen and oxygen atoms in total. The van der Waals surface area contributed by atoms with Crippen LogP contribution < -0.4 is 5.32 Å². The van der Waals surface area contributed by atoms with Gasteiger partial charge in [-0.2, -0.15) is 0 Å². The number of hydrogen-bond acceptors (Lipinski definition) is 5. The second-order valence-corrected chi connectivity index (χ2v) is 5.56. The zero-order chi connectivity index (χ0) is 15.6. The molecule has 0 aliphatic carbocycles. The molecule has 120 valence electrons. The van der Waals surface area contributed by atoms with Crippen molar-refractivity contribution in [3.8, 4) is 0 Å². The van der Waals surface area contributed by atoms with Crippen molar-refractivity contribution in [1.82, 2.24) is 5.32 Å². The number of esters is 1. The molecule has 0 aromatic carbocycles. The van der Waals surface area contributed by atoms with E-state index < -0.39 is 5.54 Å². The van der Waals surface area contributed by atoms with Gasteiger partial charge in [-0.1, -0.05) is 6.92 Å². The SMILES string of the molecule is CCCNC(C)(CC(C)OCCOC(C)C)C(=O)OC. The van der Waals surface area contributed by atoms with Crippen molar-refractivity contribution in [3.63, 3.8) is 0 Å². The van der Waals surface area contributed by atoms with Crippen molar-refractivity contribution >= 4 is 5.97 Å². The van der Waals surface area contributed by atoms with Crippen LogP contribution in [0, 0.1) is 0 Å². The molecule has 2 atom stereocenters. The molecule has 0 saturated carbocycles. The standard InChI is InChI=1S/C15H31NO4/c1-7-8-16-15(5,14(17)18-6)11-13(4)20-10-9-19-12(2)3/h12-13,16H,7-11H2,1-6H3. The van der Waals surface area contributed by atoms with Crippen molar-refractivity contribution in [2.75, 3.05) is 26.9 Å². The lowest BCUT2D eigenvalue weighted by atomic mass is 9.94. The molecule has 0 aromatic rings. The van der Waals surface area contributed by atoms with E-state index in [0.717, 1.165) is 13.0 Å². The second-order valence-electron chi connectivity index (χ2n) is 5.56. The van der Waals surface area contributed by atoms with Crippen LogP contribution >= 0.6 is 0 Å². The van der Waals surface area contributed by atoms with E-state index in [1.54, 1.807) is 0 Å². The minimum atomic E-state index is -0.705. The highest BCUT2D eigenvalue weighted by molar-refractivity contribution is 5.80. The third kappa shape index (κ3) is 7.82. The Bertz CT molecular complexity index is 271. The summed E-state index contributed by atoms with van der Waals surface area (Å²) in [5.41, 5.74) is -0.705. The van der Waals surface area contributed by atoms with Gasteiger partial charge in [0.2, 0.25) is 0 Å². The monoisotopic (exact) mass is 289 g/mol. The van der Waals surface area contributed by atoms with E-state index in [-0.39, 0.29) is 18.2 Å².